The molecule has 1 aliphatic carbocycles. The molecule has 1 heterocycles. The van der Waals surface area contributed by atoms with Gasteiger partial charge in [-0.05, 0) is 32.1 Å². The molecule has 1 saturated carbocycles. The van der Waals surface area contributed by atoms with Crippen LogP contribution in [-0.4, -0.2) is 23.4 Å². The smallest absolute Gasteiger partial charge is 0.0814 e. The molecule has 58 valence electrons. The molecule has 1 saturated heterocycles. The van der Waals surface area contributed by atoms with Crippen molar-refractivity contribution in [3.63, 3.8) is 0 Å². The fraction of sp³-hybridized carbons (Fsp3) is 1.00. The second kappa shape index (κ2) is 2.21. The molecule has 1 spiro atoms. The molecule has 0 aromatic rings. The zero-order chi connectivity index (χ0) is 7.03. The maximum Gasteiger partial charge on any atom is 0.0814 e. The SMILES string of the molecule is OCC1CCC2(CCC2)O1. The largest absolute Gasteiger partial charge is 0.394 e. The first-order valence-electron chi connectivity index (χ1n) is 4.13. The number of aliphatic hydroxyl groups excluding tert-OH is 1. The van der Waals surface area contributed by atoms with E-state index in [4.69, 9.17) is 9.84 Å². The summed E-state index contributed by atoms with van der Waals surface area (Å²) in [6.45, 7) is 0.210. The zero-order valence-electron chi connectivity index (χ0n) is 6.18. The number of hydrogen-bond donors (Lipinski definition) is 1. The van der Waals surface area contributed by atoms with Crippen molar-refractivity contribution in [3.8, 4) is 0 Å². The van der Waals surface area contributed by atoms with Gasteiger partial charge in [0.15, 0.2) is 0 Å². The molecule has 0 aromatic carbocycles. The van der Waals surface area contributed by atoms with E-state index in [9.17, 15) is 0 Å². The molecule has 2 heteroatoms. The maximum absolute atomic E-state index is 8.79. The number of ether oxygens (including phenoxy) is 1. The molecule has 0 bridgehead atoms. The van der Waals surface area contributed by atoms with Crippen LogP contribution < -0.4 is 0 Å². The first-order valence-corrected chi connectivity index (χ1v) is 4.13. The lowest BCUT2D eigenvalue weighted by Gasteiger charge is -2.37. The van der Waals surface area contributed by atoms with Gasteiger partial charge in [-0.25, -0.2) is 0 Å². The van der Waals surface area contributed by atoms with Crippen molar-refractivity contribution in [1.82, 2.24) is 0 Å². The third-order valence-corrected chi connectivity index (χ3v) is 2.81. The summed E-state index contributed by atoms with van der Waals surface area (Å²) >= 11 is 0. The Kier molecular flexibility index (Phi) is 1.46. The highest BCUT2D eigenvalue weighted by atomic mass is 16.5. The highest BCUT2D eigenvalue weighted by molar-refractivity contribution is 4.95. The van der Waals surface area contributed by atoms with E-state index in [2.05, 4.69) is 0 Å². The van der Waals surface area contributed by atoms with Crippen LogP contribution >= 0.6 is 0 Å². The van der Waals surface area contributed by atoms with Gasteiger partial charge < -0.3 is 9.84 Å². The molecule has 1 N–H and O–H groups in total. The lowest BCUT2D eigenvalue weighted by atomic mass is 9.78. The van der Waals surface area contributed by atoms with Crippen molar-refractivity contribution < 1.29 is 9.84 Å². The predicted octanol–water partition coefficient (Wildman–Crippen LogP) is 1.08. The third kappa shape index (κ3) is 0.867. The Morgan fingerprint density at radius 3 is 2.50 bits per heavy atom. The molecular formula is C8H14O2. The van der Waals surface area contributed by atoms with Crippen molar-refractivity contribution in [2.45, 2.75) is 43.8 Å². The summed E-state index contributed by atoms with van der Waals surface area (Å²) in [5.41, 5.74) is 0.230. The molecule has 1 aliphatic heterocycles. The van der Waals surface area contributed by atoms with Crippen molar-refractivity contribution in [1.29, 1.82) is 0 Å². The van der Waals surface area contributed by atoms with Gasteiger partial charge in [0.2, 0.25) is 0 Å². The third-order valence-electron chi connectivity index (χ3n) is 2.81. The van der Waals surface area contributed by atoms with Gasteiger partial charge in [-0.2, -0.15) is 0 Å². The summed E-state index contributed by atoms with van der Waals surface area (Å²) in [5.74, 6) is 0. The molecule has 0 amide bonds. The van der Waals surface area contributed by atoms with Gasteiger partial charge in [0.25, 0.3) is 0 Å². The molecule has 0 aromatic heterocycles. The summed E-state index contributed by atoms with van der Waals surface area (Å²) < 4.78 is 5.68. The van der Waals surface area contributed by atoms with Crippen LogP contribution in [0.2, 0.25) is 0 Å². The Hall–Kier alpha value is -0.0800. The Balaban J connectivity index is 1.92. The molecular weight excluding hydrogens is 128 g/mol. The van der Waals surface area contributed by atoms with Gasteiger partial charge >= 0.3 is 0 Å². The molecule has 10 heavy (non-hydrogen) atoms. The number of aliphatic hydroxyl groups is 1. The van der Waals surface area contributed by atoms with Crippen LogP contribution in [0.5, 0.6) is 0 Å². The second-order valence-corrected chi connectivity index (χ2v) is 3.50. The van der Waals surface area contributed by atoms with Crippen LogP contribution in [0.1, 0.15) is 32.1 Å². The van der Waals surface area contributed by atoms with E-state index in [-0.39, 0.29) is 18.3 Å². The Morgan fingerprint density at radius 2 is 2.20 bits per heavy atom. The Labute approximate surface area is 61.2 Å². The monoisotopic (exact) mass is 142 g/mol. The Morgan fingerprint density at radius 1 is 1.40 bits per heavy atom. The minimum Gasteiger partial charge on any atom is -0.394 e. The quantitative estimate of drug-likeness (QED) is 0.593. The minimum absolute atomic E-state index is 0.153. The zero-order valence-corrected chi connectivity index (χ0v) is 6.18. The van der Waals surface area contributed by atoms with Crippen LogP contribution in [0, 0.1) is 0 Å². The van der Waals surface area contributed by atoms with Crippen LogP contribution in [0.15, 0.2) is 0 Å². The van der Waals surface area contributed by atoms with Crippen LogP contribution in [0.25, 0.3) is 0 Å². The lowest BCUT2D eigenvalue weighted by Crippen LogP contribution is -2.37. The molecule has 1 unspecified atom stereocenters. The second-order valence-electron chi connectivity index (χ2n) is 3.50. The summed E-state index contributed by atoms with van der Waals surface area (Å²) in [6.07, 6.45) is 6.17. The molecule has 1 atom stereocenters. The van der Waals surface area contributed by atoms with E-state index in [0.29, 0.717) is 0 Å². The topological polar surface area (TPSA) is 29.5 Å². The first-order chi connectivity index (χ1) is 4.85. The predicted molar refractivity (Wildman–Crippen MR) is 37.8 cm³/mol. The van der Waals surface area contributed by atoms with Gasteiger partial charge in [-0.1, -0.05) is 0 Å². The average molecular weight is 142 g/mol. The van der Waals surface area contributed by atoms with Crippen molar-refractivity contribution in [3.05, 3.63) is 0 Å². The fourth-order valence-corrected chi connectivity index (χ4v) is 1.96. The standard InChI is InChI=1S/C8H14O2/c9-6-7-2-5-8(10-7)3-1-4-8/h7,9H,1-6H2. The maximum atomic E-state index is 8.79. The van der Waals surface area contributed by atoms with E-state index in [1.54, 1.807) is 0 Å². The van der Waals surface area contributed by atoms with E-state index < -0.39 is 0 Å². The van der Waals surface area contributed by atoms with Gasteiger partial charge in [0.05, 0.1) is 18.3 Å². The van der Waals surface area contributed by atoms with E-state index >= 15 is 0 Å². The summed E-state index contributed by atoms with van der Waals surface area (Å²) in [7, 11) is 0. The van der Waals surface area contributed by atoms with E-state index in [0.717, 1.165) is 6.42 Å². The molecule has 0 radical (unpaired) electrons. The van der Waals surface area contributed by atoms with Gasteiger partial charge in [0.1, 0.15) is 0 Å². The van der Waals surface area contributed by atoms with Crippen molar-refractivity contribution in [2.24, 2.45) is 0 Å². The average Bonchev–Trinajstić information content (AvgIpc) is 2.29. The minimum atomic E-state index is 0.153. The van der Waals surface area contributed by atoms with Gasteiger partial charge in [-0.3, -0.25) is 0 Å². The number of rotatable bonds is 1. The molecule has 2 fully saturated rings. The molecule has 2 aliphatic rings. The van der Waals surface area contributed by atoms with Crippen molar-refractivity contribution in [2.75, 3.05) is 6.61 Å². The van der Waals surface area contributed by atoms with Gasteiger partial charge in [0, 0.05) is 0 Å². The lowest BCUT2D eigenvalue weighted by molar-refractivity contribution is -0.102. The highest BCUT2D eigenvalue weighted by Crippen LogP contribution is 2.45. The summed E-state index contributed by atoms with van der Waals surface area (Å²) in [5, 5.41) is 8.79. The molecule has 2 rings (SSSR count). The van der Waals surface area contributed by atoms with Crippen molar-refractivity contribution >= 4 is 0 Å². The van der Waals surface area contributed by atoms with Crippen LogP contribution in [-0.2, 0) is 4.74 Å². The highest BCUT2D eigenvalue weighted by Gasteiger charge is 2.44. The van der Waals surface area contributed by atoms with E-state index in [1.165, 1.54) is 25.7 Å². The number of hydrogen-bond acceptors (Lipinski definition) is 2. The summed E-state index contributed by atoms with van der Waals surface area (Å²) in [6, 6.07) is 0. The fourth-order valence-electron chi connectivity index (χ4n) is 1.96. The van der Waals surface area contributed by atoms with Crippen LogP contribution in [0.4, 0.5) is 0 Å². The van der Waals surface area contributed by atoms with E-state index in [1.807, 2.05) is 0 Å². The van der Waals surface area contributed by atoms with Crippen LogP contribution in [0.3, 0.4) is 0 Å². The van der Waals surface area contributed by atoms with Gasteiger partial charge in [-0.15, -0.1) is 0 Å². The normalized spacial score (nSPS) is 36.3. The first kappa shape index (κ1) is 6.62. The Bertz CT molecular complexity index is 129. The molecule has 2 nitrogen and oxygen atoms in total. The summed E-state index contributed by atoms with van der Waals surface area (Å²) in [4.78, 5) is 0.